The summed E-state index contributed by atoms with van der Waals surface area (Å²) in [6, 6.07) is 8.90. The van der Waals surface area contributed by atoms with Crippen LogP contribution in [0, 0.1) is 5.92 Å². The number of fused-ring (bicyclic) bond motifs is 4. The summed E-state index contributed by atoms with van der Waals surface area (Å²) in [5, 5.41) is 4.07. The highest BCUT2D eigenvalue weighted by molar-refractivity contribution is 5.76. The lowest BCUT2D eigenvalue weighted by atomic mass is 9.83. The monoisotopic (exact) mass is 480 g/mol. The van der Waals surface area contributed by atoms with E-state index in [1.807, 2.05) is 15.5 Å². The number of pyridine rings is 1. The number of carbonyl (C=O) groups excluding carboxylic acids is 1. The number of piperidine rings is 1. The number of hydrogen-bond acceptors (Lipinski definition) is 8. The molecule has 2 aromatic heterocycles. The summed E-state index contributed by atoms with van der Waals surface area (Å²) in [6.45, 7) is 1.95. The van der Waals surface area contributed by atoms with E-state index >= 15 is 0 Å². The van der Waals surface area contributed by atoms with E-state index in [-0.39, 0.29) is 23.8 Å². The molecular formula is C25H28N4O6. The van der Waals surface area contributed by atoms with Crippen molar-refractivity contribution in [2.45, 2.75) is 31.7 Å². The van der Waals surface area contributed by atoms with Crippen molar-refractivity contribution < 1.29 is 23.5 Å². The number of ether oxygens (including phenoxy) is 3. The molecule has 0 unspecified atom stereocenters. The molecule has 2 bridgehead atoms. The topological polar surface area (TPSA) is 109 Å². The quantitative estimate of drug-likeness (QED) is 0.508. The lowest BCUT2D eigenvalue weighted by molar-refractivity contribution is -0.134. The first-order valence-corrected chi connectivity index (χ1v) is 11.6. The van der Waals surface area contributed by atoms with Crippen molar-refractivity contribution in [3.05, 3.63) is 52.3 Å². The highest BCUT2D eigenvalue weighted by Crippen LogP contribution is 2.40. The number of aromatic nitrogens is 3. The van der Waals surface area contributed by atoms with Crippen molar-refractivity contribution in [3.63, 3.8) is 0 Å². The summed E-state index contributed by atoms with van der Waals surface area (Å²) in [5.74, 6) is 2.75. The third-order valence-electron chi connectivity index (χ3n) is 6.78. The van der Waals surface area contributed by atoms with Crippen LogP contribution >= 0.6 is 0 Å². The molecule has 4 heterocycles. The van der Waals surface area contributed by atoms with Gasteiger partial charge in [-0.15, -0.1) is 0 Å². The number of hydrogen-bond donors (Lipinski definition) is 0. The van der Waals surface area contributed by atoms with Gasteiger partial charge in [0, 0.05) is 55.7 Å². The minimum Gasteiger partial charge on any atom is -0.493 e. The molecular weight excluding hydrogens is 452 g/mol. The minimum absolute atomic E-state index is 0.0382. The van der Waals surface area contributed by atoms with Gasteiger partial charge in [-0.1, -0.05) is 11.2 Å². The normalized spacial score (nSPS) is 18.7. The molecule has 2 aliphatic rings. The molecule has 184 valence electrons. The highest BCUT2D eigenvalue weighted by Gasteiger charge is 2.36. The van der Waals surface area contributed by atoms with Crippen LogP contribution in [0.1, 0.15) is 30.3 Å². The second-order valence-corrected chi connectivity index (χ2v) is 8.92. The Labute approximate surface area is 202 Å². The summed E-state index contributed by atoms with van der Waals surface area (Å²) in [4.78, 5) is 31.6. The molecule has 5 rings (SSSR count). The number of likely N-dealkylation sites (tertiary alicyclic amines) is 1. The van der Waals surface area contributed by atoms with Crippen LogP contribution in [-0.2, 0) is 17.8 Å². The highest BCUT2D eigenvalue weighted by atomic mass is 16.5. The number of amides is 1. The van der Waals surface area contributed by atoms with Crippen molar-refractivity contribution in [2.75, 3.05) is 34.4 Å². The van der Waals surface area contributed by atoms with Crippen LogP contribution in [0.5, 0.6) is 17.2 Å². The van der Waals surface area contributed by atoms with Crippen LogP contribution < -0.4 is 19.8 Å². The van der Waals surface area contributed by atoms with Crippen LogP contribution in [-0.4, -0.2) is 59.9 Å². The molecule has 0 aliphatic carbocycles. The Kier molecular flexibility index (Phi) is 6.19. The molecule has 2 aliphatic heterocycles. The fourth-order valence-electron chi connectivity index (χ4n) is 5.16. The molecule has 0 radical (unpaired) electrons. The van der Waals surface area contributed by atoms with E-state index in [0.29, 0.717) is 66.5 Å². The third kappa shape index (κ3) is 4.36. The molecule has 1 saturated heterocycles. The molecule has 10 heteroatoms. The van der Waals surface area contributed by atoms with E-state index in [0.717, 1.165) is 12.1 Å². The molecule has 0 spiro atoms. The molecule has 3 aromatic rings. The van der Waals surface area contributed by atoms with Crippen molar-refractivity contribution in [1.29, 1.82) is 0 Å². The van der Waals surface area contributed by atoms with Crippen molar-refractivity contribution in [3.8, 4) is 28.6 Å². The Hall–Kier alpha value is -3.82. The lowest BCUT2D eigenvalue weighted by Crippen LogP contribution is -2.49. The van der Waals surface area contributed by atoms with Gasteiger partial charge in [-0.05, 0) is 30.5 Å². The zero-order valence-electron chi connectivity index (χ0n) is 20.0. The standard InChI is InChI=1S/C25H28N4O6/c1-32-19-10-16(11-20(33-2)24(19)34-3)25-26-21(35-27-25)7-8-22(30)28-12-15-9-17(14-28)18-5-4-6-23(31)29(18)13-15/h4-6,10-11,15,17H,7-9,12-14H2,1-3H3/t15-,17+/m1/s1. The van der Waals surface area contributed by atoms with Crippen LogP contribution in [0.4, 0.5) is 0 Å². The maximum Gasteiger partial charge on any atom is 0.250 e. The lowest BCUT2D eigenvalue weighted by Gasteiger charge is -2.42. The number of methoxy groups -OCH3 is 3. The second-order valence-electron chi connectivity index (χ2n) is 8.92. The molecule has 2 atom stereocenters. The van der Waals surface area contributed by atoms with Gasteiger partial charge < -0.3 is 28.2 Å². The Bertz CT molecular complexity index is 1270. The Morgan fingerprint density at radius 1 is 1.09 bits per heavy atom. The smallest absolute Gasteiger partial charge is 0.250 e. The molecule has 1 amide bonds. The maximum absolute atomic E-state index is 13.0. The number of benzene rings is 1. The van der Waals surface area contributed by atoms with E-state index in [1.165, 1.54) is 7.11 Å². The van der Waals surface area contributed by atoms with Gasteiger partial charge in [0.1, 0.15) is 0 Å². The largest absolute Gasteiger partial charge is 0.493 e. The Balaban J connectivity index is 1.25. The summed E-state index contributed by atoms with van der Waals surface area (Å²) in [5.41, 5.74) is 1.72. The van der Waals surface area contributed by atoms with Gasteiger partial charge in [-0.3, -0.25) is 9.59 Å². The van der Waals surface area contributed by atoms with Gasteiger partial charge in [-0.2, -0.15) is 4.98 Å². The summed E-state index contributed by atoms with van der Waals surface area (Å²) < 4.78 is 23.4. The zero-order chi connectivity index (χ0) is 24.5. The van der Waals surface area contributed by atoms with Crippen LogP contribution in [0.3, 0.4) is 0 Å². The summed E-state index contributed by atoms with van der Waals surface area (Å²) in [7, 11) is 4.62. The summed E-state index contributed by atoms with van der Waals surface area (Å²) in [6.07, 6.45) is 1.63. The SMILES string of the molecule is COc1cc(-c2noc(CCC(=O)N3C[C@H]4C[C@@H](C3)c3cccc(=O)n3C4)n2)cc(OC)c1OC. The van der Waals surface area contributed by atoms with E-state index in [1.54, 1.807) is 38.5 Å². The van der Waals surface area contributed by atoms with Gasteiger partial charge in [0.05, 0.1) is 21.3 Å². The van der Waals surface area contributed by atoms with Gasteiger partial charge in [0.2, 0.25) is 23.4 Å². The first kappa shape index (κ1) is 22.9. The van der Waals surface area contributed by atoms with Crippen molar-refractivity contribution in [1.82, 2.24) is 19.6 Å². The van der Waals surface area contributed by atoms with Gasteiger partial charge in [0.15, 0.2) is 11.5 Å². The fourth-order valence-corrected chi connectivity index (χ4v) is 5.16. The summed E-state index contributed by atoms with van der Waals surface area (Å²) >= 11 is 0. The van der Waals surface area contributed by atoms with E-state index in [9.17, 15) is 9.59 Å². The maximum atomic E-state index is 13.0. The van der Waals surface area contributed by atoms with Gasteiger partial charge in [0.25, 0.3) is 5.56 Å². The van der Waals surface area contributed by atoms with Gasteiger partial charge >= 0.3 is 0 Å². The van der Waals surface area contributed by atoms with Gasteiger partial charge in [-0.25, -0.2) is 0 Å². The first-order valence-electron chi connectivity index (χ1n) is 11.6. The number of rotatable bonds is 7. The molecule has 0 saturated carbocycles. The second kappa shape index (κ2) is 9.44. The minimum atomic E-state index is 0.0382. The van der Waals surface area contributed by atoms with Crippen molar-refractivity contribution >= 4 is 5.91 Å². The van der Waals surface area contributed by atoms with Crippen LogP contribution in [0.25, 0.3) is 11.4 Å². The molecule has 1 aromatic carbocycles. The third-order valence-corrected chi connectivity index (χ3v) is 6.78. The van der Waals surface area contributed by atoms with E-state index in [4.69, 9.17) is 18.7 Å². The average Bonchev–Trinajstić information content (AvgIpc) is 3.36. The predicted octanol–water partition coefficient (Wildman–Crippen LogP) is 2.50. The fraction of sp³-hybridized carbons (Fsp3) is 0.440. The first-order chi connectivity index (χ1) is 17.0. The zero-order valence-corrected chi connectivity index (χ0v) is 20.0. The average molecular weight is 481 g/mol. The predicted molar refractivity (Wildman–Crippen MR) is 126 cm³/mol. The molecule has 10 nitrogen and oxygen atoms in total. The Morgan fingerprint density at radius 2 is 1.86 bits per heavy atom. The van der Waals surface area contributed by atoms with E-state index in [2.05, 4.69) is 10.1 Å². The van der Waals surface area contributed by atoms with Crippen LogP contribution in [0.2, 0.25) is 0 Å². The van der Waals surface area contributed by atoms with Crippen molar-refractivity contribution in [2.24, 2.45) is 5.92 Å². The Morgan fingerprint density at radius 3 is 2.57 bits per heavy atom. The number of aryl methyl sites for hydroxylation is 1. The number of nitrogens with zero attached hydrogens (tertiary/aromatic N) is 4. The van der Waals surface area contributed by atoms with E-state index < -0.39 is 0 Å². The van der Waals surface area contributed by atoms with Crippen LogP contribution in [0.15, 0.2) is 39.6 Å². The molecule has 0 N–H and O–H groups in total. The molecule has 35 heavy (non-hydrogen) atoms. The number of carbonyl (C=O) groups is 1. The molecule has 1 fully saturated rings.